The van der Waals surface area contributed by atoms with Crippen LogP contribution in [-0.4, -0.2) is 51.2 Å². The van der Waals surface area contributed by atoms with Crippen molar-refractivity contribution in [2.75, 3.05) is 17.1 Å². The summed E-state index contributed by atoms with van der Waals surface area (Å²) < 4.78 is 27.1. The molecule has 8 nitrogen and oxygen atoms in total. The van der Waals surface area contributed by atoms with E-state index < -0.39 is 10.0 Å². The van der Waals surface area contributed by atoms with Crippen LogP contribution < -0.4 is 20.3 Å². The number of carbonyl (C=O) groups is 2. The topological polar surface area (TPSA) is 108 Å². The van der Waals surface area contributed by atoms with E-state index >= 15 is 0 Å². The van der Waals surface area contributed by atoms with E-state index in [1.807, 2.05) is 70.2 Å². The number of nitrogens with one attached hydrogen (secondary N) is 3. The second-order valence-corrected chi connectivity index (χ2v) is 14.1. The van der Waals surface area contributed by atoms with Gasteiger partial charge in [0.2, 0.25) is 15.9 Å². The summed E-state index contributed by atoms with van der Waals surface area (Å²) in [6.07, 6.45) is 8.24. The summed E-state index contributed by atoms with van der Waals surface area (Å²) in [5.41, 5.74) is 3.46. The van der Waals surface area contributed by atoms with E-state index in [1.165, 1.54) is 10.7 Å². The van der Waals surface area contributed by atoms with Gasteiger partial charge in [-0.3, -0.25) is 9.59 Å². The third kappa shape index (κ3) is 11.5. The number of hydrogen-bond acceptors (Lipinski definition) is 5. The first-order chi connectivity index (χ1) is 22.5. The Morgan fingerprint density at radius 2 is 1.53 bits per heavy atom. The normalized spacial score (nSPS) is 15.4. The predicted octanol–water partition coefficient (Wildman–Crippen LogP) is 7.52. The first-order valence-electron chi connectivity index (χ1n) is 17.1. The van der Waals surface area contributed by atoms with Crippen molar-refractivity contribution in [3.05, 3.63) is 95.6 Å². The minimum Gasteiger partial charge on any atom is -0.352 e. The standard InChI is InChI=1S/C36H48N4O4S.C2H6.3H2/c1-5-28-19-21-32(22-20-28)40(45(4,43)44)33-18-12-15-30(24-33)36(42)39-34(23-29-13-8-6-9-14-29)26(2)25-37-27(3)35(41)38-31-16-10-7-11-17-31;1-2;;;/h6,8-9,12-15,18-22,24,26-27,31,34,37H,5,7,10-11,16-17,23,25H2,1-4H3,(H,38,41)(H,39,42);1-2H3;3*1H/t26-,27+,34?;;;;/m1..../s1. The molecule has 3 atom stereocenters. The fraction of sp³-hybridized carbons (Fsp3) is 0.474. The van der Waals surface area contributed by atoms with E-state index in [2.05, 4.69) is 22.9 Å². The number of hydrogen-bond donors (Lipinski definition) is 3. The molecule has 4 rings (SSSR count). The highest BCUT2D eigenvalue weighted by molar-refractivity contribution is 7.92. The summed E-state index contributed by atoms with van der Waals surface area (Å²) in [6, 6.07) is 23.7. The van der Waals surface area contributed by atoms with Gasteiger partial charge in [0.15, 0.2) is 0 Å². The van der Waals surface area contributed by atoms with Gasteiger partial charge in [0.05, 0.1) is 23.7 Å². The van der Waals surface area contributed by atoms with Crippen molar-refractivity contribution in [3.63, 3.8) is 0 Å². The predicted molar refractivity (Wildman–Crippen MR) is 200 cm³/mol. The zero-order chi connectivity index (χ0) is 34.4. The molecule has 0 radical (unpaired) electrons. The maximum absolute atomic E-state index is 13.7. The highest BCUT2D eigenvalue weighted by Gasteiger charge is 2.25. The fourth-order valence-electron chi connectivity index (χ4n) is 5.86. The SMILES string of the molecule is CC.CCc1ccc(N(c2cccc(C(=O)NC(Cc3ccccc3)[C@H](C)CN[C@@H](C)C(=O)NC3CCCCC3)c2)S(C)(=O)=O)cc1.[HH].[HH].[HH]. The molecule has 0 bridgehead atoms. The third-order valence-corrected chi connectivity index (χ3v) is 9.73. The Labute approximate surface area is 287 Å². The molecule has 2 amide bonds. The number of carbonyl (C=O) groups excluding carboxylic acids is 2. The number of anilines is 2. The third-order valence-electron chi connectivity index (χ3n) is 8.65. The summed E-state index contributed by atoms with van der Waals surface area (Å²) in [6.45, 7) is 10.5. The lowest BCUT2D eigenvalue weighted by Gasteiger charge is -2.28. The molecule has 262 valence electrons. The molecule has 3 aromatic carbocycles. The van der Waals surface area contributed by atoms with E-state index in [0.717, 1.165) is 49.5 Å². The Morgan fingerprint density at radius 3 is 2.15 bits per heavy atom. The summed E-state index contributed by atoms with van der Waals surface area (Å²) in [5, 5.41) is 9.78. The number of benzene rings is 3. The molecular formula is C38H60N4O4S. The molecule has 47 heavy (non-hydrogen) atoms. The van der Waals surface area contributed by atoms with E-state index in [9.17, 15) is 18.0 Å². The maximum Gasteiger partial charge on any atom is 0.251 e. The molecule has 0 aliphatic heterocycles. The molecule has 0 saturated heterocycles. The largest absolute Gasteiger partial charge is 0.352 e. The van der Waals surface area contributed by atoms with Crippen LogP contribution in [0.1, 0.15) is 92.5 Å². The van der Waals surface area contributed by atoms with Gasteiger partial charge in [-0.25, -0.2) is 12.7 Å². The second kappa shape index (κ2) is 18.6. The van der Waals surface area contributed by atoms with Crippen LogP contribution in [-0.2, 0) is 27.7 Å². The number of rotatable bonds is 14. The van der Waals surface area contributed by atoms with Gasteiger partial charge in [0.1, 0.15) is 0 Å². The zero-order valence-corrected chi connectivity index (χ0v) is 29.8. The lowest BCUT2D eigenvalue weighted by molar-refractivity contribution is -0.123. The molecule has 1 aliphatic carbocycles. The van der Waals surface area contributed by atoms with Gasteiger partial charge < -0.3 is 16.0 Å². The zero-order valence-electron chi connectivity index (χ0n) is 29.0. The van der Waals surface area contributed by atoms with Crippen LogP contribution in [0, 0.1) is 5.92 Å². The van der Waals surface area contributed by atoms with Crippen molar-refractivity contribution in [1.29, 1.82) is 0 Å². The summed E-state index contributed by atoms with van der Waals surface area (Å²) in [4.78, 5) is 26.5. The average Bonchev–Trinajstić information content (AvgIpc) is 3.08. The molecule has 3 aromatic rings. The summed E-state index contributed by atoms with van der Waals surface area (Å²) >= 11 is 0. The number of aryl methyl sites for hydroxylation is 1. The van der Waals surface area contributed by atoms with Crippen molar-refractivity contribution in [1.82, 2.24) is 16.0 Å². The number of nitrogens with zero attached hydrogens (tertiary/aromatic N) is 1. The number of sulfonamides is 1. The molecule has 1 fully saturated rings. The lowest BCUT2D eigenvalue weighted by Crippen LogP contribution is -2.50. The minimum absolute atomic E-state index is 0. The molecule has 1 aliphatic rings. The van der Waals surface area contributed by atoms with Crippen molar-refractivity contribution in [2.24, 2.45) is 5.92 Å². The van der Waals surface area contributed by atoms with Gasteiger partial charge in [-0.2, -0.15) is 0 Å². The Bertz CT molecular complexity index is 1520. The Morgan fingerprint density at radius 1 is 0.872 bits per heavy atom. The van der Waals surface area contributed by atoms with Gasteiger partial charge in [-0.05, 0) is 80.0 Å². The monoisotopic (exact) mass is 668 g/mol. The van der Waals surface area contributed by atoms with Crippen LogP contribution in [0.5, 0.6) is 0 Å². The van der Waals surface area contributed by atoms with Crippen LogP contribution >= 0.6 is 0 Å². The summed E-state index contributed by atoms with van der Waals surface area (Å²) in [5.74, 6) is -0.288. The molecule has 1 unspecified atom stereocenters. The quantitative estimate of drug-likeness (QED) is 0.165. The van der Waals surface area contributed by atoms with Gasteiger partial charge in [-0.15, -0.1) is 0 Å². The highest BCUT2D eigenvalue weighted by atomic mass is 32.2. The van der Waals surface area contributed by atoms with Crippen molar-refractivity contribution >= 4 is 33.2 Å². The van der Waals surface area contributed by atoms with Crippen molar-refractivity contribution in [3.8, 4) is 0 Å². The molecule has 0 heterocycles. The molecule has 0 spiro atoms. The van der Waals surface area contributed by atoms with E-state index in [4.69, 9.17) is 0 Å². The van der Waals surface area contributed by atoms with Crippen LogP contribution in [0.3, 0.4) is 0 Å². The maximum atomic E-state index is 13.7. The smallest absolute Gasteiger partial charge is 0.251 e. The highest BCUT2D eigenvalue weighted by Crippen LogP contribution is 2.29. The Kier molecular flexibility index (Phi) is 14.9. The molecule has 9 heteroatoms. The average molecular weight is 669 g/mol. The lowest BCUT2D eigenvalue weighted by atomic mass is 9.94. The van der Waals surface area contributed by atoms with Gasteiger partial charge in [0.25, 0.3) is 5.91 Å². The minimum atomic E-state index is -3.68. The first kappa shape index (κ1) is 37.8. The van der Waals surface area contributed by atoms with Gasteiger partial charge >= 0.3 is 0 Å². The van der Waals surface area contributed by atoms with Gasteiger partial charge in [-0.1, -0.05) is 95.5 Å². The Balaban J connectivity index is 0.00000471. The molecule has 0 aromatic heterocycles. The molecular weight excluding hydrogens is 609 g/mol. The molecule has 3 N–H and O–H groups in total. The van der Waals surface area contributed by atoms with E-state index in [1.54, 1.807) is 36.4 Å². The van der Waals surface area contributed by atoms with E-state index in [0.29, 0.717) is 29.9 Å². The second-order valence-electron chi connectivity index (χ2n) is 12.3. The van der Waals surface area contributed by atoms with Gasteiger partial charge in [0, 0.05) is 28.5 Å². The van der Waals surface area contributed by atoms with Crippen molar-refractivity contribution in [2.45, 2.75) is 97.7 Å². The van der Waals surface area contributed by atoms with Crippen LogP contribution in [0.15, 0.2) is 78.9 Å². The number of amides is 2. The van der Waals surface area contributed by atoms with E-state index in [-0.39, 0.29) is 40.1 Å². The van der Waals surface area contributed by atoms with Crippen LogP contribution in [0.2, 0.25) is 0 Å². The summed E-state index contributed by atoms with van der Waals surface area (Å²) in [7, 11) is -3.68. The van der Waals surface area contributed by atoms with Crippen LogP contribution in [0.4, 0.5) is 11.4 Å². The first-order valence-corrected chi connectivity index (χ1v) is 19.0. The van der Waals surface area contributed by atoms with Crippen LogP contribution in [0.25, 0.3) is 0 Å². The van der Waals surface area contributed by atoms with Crippen molar-refractivity contribution < 1.29 is 22.3 Å². The fourth-order valence-corrected chi connectivity index (χ4v) is 6.86. The molecule has 1 saturated carbocycles. The Hall–Kier alpha value is -3.69.